The van der Waals surface area contributed by atoms with Crippen molar-refractivity contribution in [1.82, 2.24) is 9.55 Å². The molecule has 0 atom stereocenters. The summed E-state index contributed by atoms with van der Waals surface area (Å²) in [5.41, 5.74) is 1.78. The van der Waals surface area contributed by atoms with Gasteiger partial charge in [0, 0.05) is 11.0 Å². The number of hydrogen-bond donors (Lipinski definition) is 0. The van der Waals surface area contributed by atoms with E-state index in [9.17, 15) is 4.79 Å². The van der Waals surface area contributed by atoms with E-state index in [4.69, 9.17) is 0 Å². The van der Waals surface area contributed by atoms with Gasteiger partial charge in [-0.3, -0.25) is 9.36 Å². The second-order valence-electron chi connectivity index (χ2n) is 4.92. The third-order valence-electron chi connectivity index (χ3n) is 3.48. The lowest BCUT2D eigenvalue weighted by Crippen LogP contribution is -2.22. The highest BCUT2D eigenvalue weighted by Gasteiger charge is 2.07. The molecule has 0 aliphatic carbocycles. The number of fused-ring (bicyclic) bond motifs is 1. The smallest absolute Gasteiger partial charge is 0.261 e. The Kier molecular flexibility index (Phi) is 4.20. The molecule has 0 N–H and O–H groups in total. The largest absolute Gasteiger partial charge is 0.293 e. The number of rotatable bonds is 3. The molecule has 0 saturated carbocycles. The lowest BCUT2D eigenvalue weighted by atomic mass is 10.2. The molecule has 0 fully saturated rings. The van der Waals surface area contributed by atoms with Gasteiger partial charge in [0.1, 0.15) is 5.82 Å². The van der Waals surface area contributed by atoms with Crippen LogP contribution in [0.4, 0.5) is 0 Å². The number of hydrogen-bond acceptors (Lipinski definition) is 2. The molecule has 0 saturated heterocycles. The Morgan fingerprint density at radius 3 is 2.73 bits per heavy atom. The van der Waals surface area contributed by atoms with E-state index in [0.717, 1.165) is 15.6 Å². The van der Waals surface area contributed by atoms with E-state index < -0.39 is 0 Å². The maximum Gasteiger partial charge on any atom is 0.261 e. The van der Waals surface area contributed by atoms with Gasteiger partial charge in [0.2, 0.25) is 0 Å². The normalized spacial score (nSPS) is 11.4. The van der Waals surface area contributed by atoms with E-state index in [1.165, 1.54) is 0 Å². The average molecular weight is 355 g/mol. The summed E-state index contributed by atoms with van der Waals surface area (Å²) >= 11 is 3.46. The third kappa shape index (κ3) is 2.88. The van der Waals surface area contributed by atoms with Gasteiger partial charge in [0.25, 0.3) is 5.56 Å². The van der Waals surface area contributed by atoms with Gasteiger partial charge in [-0.1, -0.05) is 46.3 Å². The Balaban J connectivity index is 2.12. The van der Waals surface area contributed by atoms with Crippen molar-refractivity contribution in [3.63, 3.8) is 0 Å². The predicted octanol–water partition coefficient (Wildman–Crippen LogP) is 4.35. The van der Waals surface area contributed by atoms with E-state index >= 15 is 0 Å². The van der Waals surface area contributed by atoms with Crippen molar-refractivity contribution in [3.8, 4) is 0 Å². The highest BCUT2D eigenvalue weighted by atomic mass is 79.9. The summed E-state index contributed by atoms with van der Waals surface area (Å²) < 4.78 is 2.71. The zero-order valence-electron chi connectivity index (χ0n) is 12.2. The Morgan fingerprint density at radius 1 is 1.14 bits per heavy atom. The van der Waals surface area contributed by atoms with Gasteiger partial charge in [-0.2, -0.15) is 0 Å². The molecule has 1 heterocycles. The summed E-state index contributed by atoms with van der Waals surface area (Å²) in [5, 5.41) is 0.656. The Labute approximate surface area is 137 Å². The maximum atomic E-state index is 12.5. The van der Waals surface area contributed by atoms with Crippen molar-refractivity contribution in [2.45, 2.75) is 13.5 Å². The van der Waals surface area contributed by atoms with Gasteiger partial charge in [-0.15, -0.1) is 0 Å². The van der Waals surface area contributed by atoms with Crippen LogP contribution in [0.25, 0.3) is 23.1 Å². The van der Waals surface area contributed by atoms with Gasteiger partial charge >= 0.3 is 0 Å². The van der Waals surface area contributed by atoms with Crippen molar-refractivity contribution < 1.29 is 0 Å². The molecule has 22 heavy (non-hydrogen) atoms. The van der Waals surface area contributed by atoms with Crippen molar-refractivity contribution in [2.24, 2.45) is 0 Å². The minimum Gasteiger partial charge on any atom is -0.293 e. The molecule has 0 spiro atoms. The monoisotopic (exact) mass is 354 g/mol. The molecule has 3 rings (SSSR count). The quantitative estimate of drug-likeness (QED) is 0.700. The fourth-order valence-corrected chi connectivity index (χ4v) is 2.82. The van der Waals surface area contributed by atoms with Crippen LogP contribution in [0.2, 0.25) is 0 Å². The second kappa shape index (κ2) is 6.28. The van der Waals surface area contributed by atoms with Crippen LogP contribution in [0.15, 0.2) is 57.8 Å². The fourth-order valence-electron chi connectivity index (χ4n) is 2.40. The summed E-state index contributed by atoms with van der Waals surface area (Å²) in [4.78, 5) is 17.1. The van der Waals surface area contributed by atoms with Gasteiger partial charge in [-0.25, -0.2) is 4.98 Å². The van der Waals surface area contributed by atoms with E-state index in [2.05, 4.69) is 20.9 Å². The first-order valence-corrected chi connectivity index (χ1v) is 7.91. The second-order valence-corrected chi connectivity index (χ2v) is 5.84. The van der Waals surface area contributed by atoms with Crippen LogP contribution in [0.3, 0.4) is 0 Å². The lowest BCUT2D eigenvalue weighted by Gasteiger charge is -2.08. The molecule has 0 aliphatic heterocycles. The number of para-hydroxylation sites is 1. The van der Waals surface area contributed by atoms with Crippen LogP contribution in [-0.4, -0.2) is 9.55 Å². The Bertz CT molecular complexity index is 912. The maximum absolute atomic E-state index is 12.5. The Hall–Kier alpha value is -2.20. The van der Waals surface area contributed by atoms with Crippen LogP contribution < -0.4 is 5.56 Å². The van der Waals surface area contributed by atoms with Crippen LogP contribution in [0.1, 0.15) is 18.3 Å². The number of aromatic nitrogens is 2. The van der Waals surface area contributed by atoms with Gasteiger partial charge in [0.05, 0.1) is 10.9 Å². The molecule has 4 heteroatoms. The first-order chi connectivity index (χ1) is 10.7. The standard InChI is InChI=1S/C18H15BrN2O/c1-2-21-17(11-10-13-6-5-7-14(19)12-13)20-16-9-4-3-8-15(16)18(21)22/h3-12H,2H2,1H3/b11-10+. The van der Waals surface area contributed by atoms with E-state index in [1.54, 1.807) is 4.57 Å². The molecular weight excluding hydrogens is 340 g/mol. The van der Waals surface area contributed by atoms with Gasteiger partial charge in [0.15, 0.2) is 0 Å². The molecular formula is C18H15BrN2O. The van der Waals surface area contributed by atoms with Crippen LogP contribution in [0, 0.1) is 0 Å². The average Bonchev–Trinajstić information content (AvgIpc) is 2.53. The molecule has 1 aromatic heterocycles. The van der Waals surface area contributed by atoms with Crippen molar-refractivity contribution in [2.75, 3.05) is 0 Å². The molecule has 0 radical (unpaired) electrons. The van der Waals surface area contributed by atoms with E-state index in [1.807, 2.05) is 67.6 Å². The summed E-state index contributed by atoms with van der Waals surface area (Å²) in [7, 11) is 0. The molecule has 2 aromatic carbocycles. The van der Waals surface area contributed by atoms with Crippen molar-refractivity contribution >= 4 is 39.0 Å². The zero-order valence-corrected chi connectivity index (χ0v) is 13.7. The SMILES string of the molecule is CCn1c(/C=C/c2cccc(Br)c2)nc2ccccc2c1=O. The minimum atomic E-state index is 0.00184. The predicted molar refractivity (Wildman–Crippen MR) is 94.7 cm³/mol. The van der Waals surface area contributed by atoms with Gasteiger partial charge in [-0.05, 0) is 42.8 Å². The van der Waals surface area contributed by atoms with Crippen LogP contribution >= 0.6 is 15.9 Å². The Morgan fingerprint density at radius 2 is 1.95 bits per heavy atom. The third-order valence-corrected chi connectivity index (χ3v) is 3.97. The molecule has 3 aromatic rings. The first kappa shape index (κ1) is 14.7. The number of nitrogens with zero attached hydrogens (tertiary/aromatic N) is 2. The molecule has 3 nitrogen and oxygen atoms in total. The summed E-state index contributed by atoms with van der Waals surface area (Å²) in [6, 6.07) is 15.4. The molecule has 0 aliphatic rings. The summed E-state index contributed by atoms with van der Waals surface area (Å²) in [6.45, 7) is 2.54. The van der Waals surface area contributed by atoms with E-state index in [-0.39, 0.29) is 5.56 Å². The van der Waals surface area contributed by atoms with Crippen molar-refractivity contribution in [3.05, 3.63) is 74.7 Å². The van der Waals surface area contributed by atoms with Crippen LogP contribution in [0.5, 0.6) is 0 Å². The van der Waals surface area contributed by atoms with Crippen molar-refractivity contribution in [1.29, 1.82) is 0 Å². The number of benzene rings is 2. The lowest BCUT2D eigenvalue weighted by molar-refractivity contribution is 0.708. The highest BCUT2D eigenvalue weighted by molar-refractivity contribution is 9.10. The molecule has 0 bridgehead atoms. The molecule has 0 amide bonds. The minimum absolute atomic E-state index is 0.00184. The highest BCUT2D eigenvalue weighted by Crippen LogP contribution is 2.15. The number of halogens is 1. The van der Waals surface area contributed by atoms with Crippen LogP contribution in [-0.2, 0) is 6.54 Å². The molecule has 0 unspecified atom stereocenters. The summed E-state index contributed by atoms with van der Waals surface area (Å²) in [5.74, 6) is 0.672. The van der Waals surface area contributed by atoms with Gasteiger partial charge < -0.3 is 0 Å². The topological polar surface area (TPSA) is 34.9 Å². The first-order valence-electron chi connectivity index (χ1n) is 7.12. The van der Waals surface area contributed by atoms with E-state index in [0.29, 0.717) is 17.8 Å². The fraction of sp³-hybridized carbons (Fsp3) is 0.111. The molecule has 110 valence electrons. The zero-order chi connectivity index (χ0) is 15.5. The summed E-state index contributed by atoms with van der Waals surface area (Å²) in [6.07, 6.45) is 3.85.